The number of aromatic nitrogens is 1. The summed E-state index contributed by atoms with van der Waals surface area (Å²) in [6, 6.07) is 4.25. The monoisotopic (exact) mass is 330 g/mol. The van der Waals surface area contributed by atoms with Crippen molar-refractivity contribution >= 4 is 33.5 Å². The Balaban J connectivity index is 2.33. The Morgan fingerprint density at radius 1 is 1.33 bits per heavy atom. The number of fused-ring (bicyclic) bond motifs is 1. The standard InChI is InChI=1S/C14H16ClFN2O2S/c1-14(2,3)21(20)17-7-9-4-8-5-10(15)11(16)6-12(8)18-13(9)19/h4-6,17H,7H2,1-3H3,(H,18,19). The van der Waals surface area contributed by atoms with Crippen LogP contribution in [0.2, 0.25) is 5.02 Å². The van der Waals surface area contributed by atoms with E-state index in [0.29, 0.717) is 16.5 Å². The van der Waals surface area contributed by atoms with E-state index < -0.39 is 21.5 Å². The van der Waals surface area contributed by atoms with Crippen molar-refractivity contribution in [3.63, 3.8) is 0 Å². The maximum atomic E-state index is 13.4. The van der Waals surface area contributed by atoms with Gasteiger partial charge >= 0.3 is 0 Å². The third-order valence-electron chi connectivity index (χ3n) is 2.91. The first-order valence-corrected chi connectivity index (χ1v) is 7.87. The summed E-state index contributed by atoms with van der Waals surface area (Å²) in [5.74, 6) is -0.584. The molecule has 21 heavy (non-hydrogen) atoms. The van der Waals surface area contributed by atoms with Crippen LogP contribution in [0.4, 0.5) is 4.39 Å². The number of pyridine rings is 1. The zero-order valence-electron chi connectivity index (χ0n) is 11.9. The fourth-order valence-corrected chi connectivity index (χ4v) is 2.63. The van der Waals surface area contributed by atoms with Gasteiger partial charge in [0.05, 0.1) is 26.3 Å². The fraction of sp³-hybridized carbons (Fsp3) is 0.357. The Morgan fingerprint density at radius 3 is 2.62 bits per heavy atom. The molecule has 0 aliphatic heterocycles. The molecule has 2 aromatic rings. The molecule has 114 valence electrons. The zero-order chi connectivity index (χ0) is 15.8. The van der Waals surface area contributed by atoms with Gasteiger partial charge in [-0.25, -0.2) is 13.3 Å². The van der Waals surface area contributed by atoms with Gasteiger partial charge in [-0.2, -0.15) is 0 Å². The highest BCUT2D eigenvalue weighted by Crippen LogP contribution is 2.21. The highest BCUT2D eigenvalue weighted by molar-refractivity contribution is 7.84. The molecule has 1 atom stereocenters. The van der Waals surface area contributed by atoms with E-state index in [4.69, 9.17) is 11.6 Å². The van der Waals surface area contributed by atoms with E-state index in [1.807, 2.05) is 20.8 Å². The predicted octanol–water partition coefficient (Wildman–Crippen LogP) is 2.87. The molecule has 2 rings (SSSR count). The summed E-state index contributed by atoms with van der Waals surface area (Å²) < 4.78 is 27.7. The smallest absolute Gasteiger partial charge is 0.252 e. The van der Waals surface area contributed by atoms with Gasteiger partial charge in [-0.05, 0) is 39.0 Å². The molecule has 0 fully saturated rings. The summed E-state index contributed by atoms with van der Waals surface area (Å²) in [5, 5.41) is 0.617. The predicted molar refractivity (Wildman–Crippen MR) is 84.3 cm³/mol. The van der Waals surface area contributed by atoms with Crippen molar-refractivity contribution in [3.8, 4) is 0 Å². The third kappa shape index (κ3) is 3.70. The van der Waals surface area contributed by atoms with Gasteiger partial charge in [0.15, 0.2) is 0 Å². The van der Waals surface area contributed by atoms with Gasteiger partial charge in [0.25, 0.3) is 5.56 Å². The molecule has 0 aliphatic carbocycles. The van der Waals surface area contributed by atoms with Crippen molar-refractivity contribution in [2.75, 3.05) is 0 Å². The molecule has 0 saturated carbocycles. The van der Waals surface area contributed by atoms with Gasteiger partial charge in [0.1, 0.15) is 5.82 Å². The minimum Gasteiger partial charge on any atom is -0.322 e. The molecule has 1 aromatic carbocycles. The highest BCUT2D eigenvalue weighted by atomic mass is 35.5. The molecule has 1 aromatic heterocycles. The number of rotatable bonds is 3. The molecule has 0 spiro atoms. The molecule has 1 heterocycles. The topological polar surface area (TPSA) is 62.0 Å². The quantitative estimate of drug-likeness (QED) is 0.909. The summed E-state index contributed by atoms with van der Waals surface area (Å²) in [5.41, 5.74) is 0.452. The maximum absolute atomic E-state index is 13.4. The van der Waals surface area contributed by atoms with Crippen molar-refractivity contribution in [2.45, 2.75) is 32.1 Å². The summed E-state index contributed by atoms with van der Waals surface area (Å²) in [4.78, 5) is 14.5. The highest BCUT2D eigenvalue weighted by Gasteiger charge is 2.19. The van der Waals surface area contributed by atoms with Crippen LogP contribution in [0, 0.1) is 5.82 Å². The number of benzene rings is 1. The molecule has 0 amide bonds. The van der Waals surface area contributed by atoms with Crippen LogP contribution < -0.4 is 10.3 Å². The Bertz CT molecular complexity index is 768. The molecule has 0 saturated heterocycles. The van der Waals surface area contributed by atoms with Crippen molar-refractivity contribution in [1.82, 2.24) is 9.71 Å². The van der Waals surface area contributed by atoms with E-state index in [1.165, 1.54) is 12.1 Å². The molecule has 0 aliphatic rings. The number of aromatic amines is 1. The molecule has 4 nitrogen and oxygen atoms in total. The minimum absolute atomic E-state index is 0.00766. The van der Waals surface area contributed by atoms with Gasteiger partial charge in [0, 0.05) is 17.5 Å². The van der Waals surface area contributed by atoms with Gasteiger partial charge in [-0.1, -0.05) is 11.6 Å². The maximum Gasteiger partial charge on any atom is 0.252 e. The van der Waals surface area contributed by atoms with Crippen LogP contribution in [0.5, 0.6) is 0 Å². The second kappa shape index (κ2) is 5.87. The van der Waals surface area contributed by atoms with Gasteiger partial charge in [-0.15, -0.1) is 0 Å². The molecular weight excluding hydrogens is 315 g/mol. The normalized spacial score (nSPS) is 13.6. The molecule has 0 bridgehead atoms. The lowest BCUT2D eigenvalue weighted by molar-refractivity contribution is 0.629. The average Bonchev–Trinajstić information content (AvgIpc) is 2.37. The SMILES string of the molecule is CC(C)(C)S(=O)NCc1cc2cc(Cl)c(F)cc2[nH]c1=O. The number of hydrogen-bond acceptors (Lipinski definition) is 2. The summed E-state index contributed by atoms with van der Waals surface area (Å²) in [7, 11) is -1.28. The first-order valence-electron chi connectivity index (χ1n) is 6.35. The zero-order valence-corrected chi connectivity index (χ0v) is 13.5. The first-order chi connectivity index (χ1) is 9.68. The van der Waals surface area contributed by atoms with Crippen LogP contribution in [0.25, 0.3) is 10.9 Å². The Kier molecular flexibility index (Phi) is 4.51. The van der Waals surface area contributed by atoms with Crippen molar-refractivity contribution in [2.24, 2.45) is 0 Å². The van der Waals surface area contributed by atoms with Crippen LogP contribution in [0.3, 0.4) is 0 Å². The van der Waals surface area contributed by atoms with Crippen molar-refractivity contribution in [3.05, 3.63) is 45.0 Å². The molecule has 7 heteroatoms. The molecule has 0 radical (unpaired) electrons. The molecular formula is C14H16ClFN2O2S. The van der Waals surface area contributed by atoms with E-state index in [0.717, 1.165) is 0 Å². The van der Waals surface area contributed by atoms with E-state index in [1.54, 1.807) is 6.07 Å². The second-order valence-electron chi connectivity index (χ2n) is 5.68. The summed E-state index contributed by atoms with van der Waals surface area (Å²) >= 11 is 5.74. The van der Waals surface area contributed by atoms with Crippen LogP contribution in [0.1, 0.15) is 26.3 Å². The number of H-pyrrole nitrogens is 1. The van der Waals surface area contributed by atoms with E-state index >= 15 is 0 Å². The average molecular weight is 331 g/mol. The third-order valence-corrected chi connectivity index (χ3v) is 4.72. The van der Waals surface area contributed by atoms with E-state index in [2.05, 4.69) is 9.71 Å². The Labute approximate surface area is 129 Å². The Morgan fingerprint density at radius 2 is 2.00 bits per heavy atom. The number of nitrogens with one attached hydrogen (secondary N) is 2. The van der Waals surface area contributed by atoms with Crippen LogP contribution in [-0.4, -0.2) is 13.9 Å². The van der Waals surface area contributed by atoms with E-state index in [-0.39, 0.29) is 17.1 Å². The lowest BCUT2D eigenvalue weighted by Gasteiger charge is -2.18. The Hall–Kier alpha value is -1.24. The van der Waals surface area contributed by atoms with Crippen molar-refractivity contribution in [1.29, 1.82) is 0 Å². The minimum atomic E-state index is -1.28. The number of hydrogen-bond donors (Lipinski definition) is 2. The first kappa shape index (κ1) is 16.1. The van der Waals surface area contributed by atoms with E-state index in [9.17, 15) is 13.4 Å². The van der Waals surface area contributed by atoms with Gasteiger partial charge < -0.3 is 4.98 Å². The largest absolute Gasteiger partial charge is 0.322 e. The molecule has 1 unspecified atom stereocenters. The van der Waals surface area contributed by atoms with Crippen LogP contribution in [0.15, 0.2) is 23.0 Å². The van der Waals surface area contributed by atoms with Crippen LogP contribution in [-0.2, 0) is 17.5 Å². The lowest BCUT2D eigenvalue weighted by atomic mass is 10.1. The molecule has 2 N–H and O–H groups in total. The lowest BCUT2D eigenvalue weighted by Crippen LogP contribution is -2.34. The van der Waals surface area contributed by atoms with Gasteiger partial charge in [-0.3, -0.25) is 4.79 Å². The van der Waals surface area contributed by atoms with Crippen LogP contribution >= 0.6 is 11.6 Å². The second-order valence-corrected chi connectivity index (χ2v) is 8.14. The summed E-state index contributed by atoms with van der Waals surface area (Å²) in [6.45, 7) is 5.67. The fourth-order valence-electron chi connectivity index (χ4n) is 1.74. The van der Waals surface area contributed by atoms with Gasteiger partial charge in [0.2, 0.25) is 0 Å². The summed E-state index contributed by atoms with van der Waals surface area (Å²) in [6.07, 6.45) is 0. The number of halogens is 2. The van der Waals surface area contributed by atoms with Crippen molar-refractivity contribution < 1.29 is 8.60 Å².